The Labute approximate surface area is 91.5 Å². The van der Waals surface area contributed by atoms with Crippen molar-refractivity contribution in [1.29, 1.82) is 0 Å². The van der Waals surface area contributed by atoms with Crippen LogP contribution in [0.3, 0.4) is 0 Å². The molecule has 0 aliphatic heterocycles. The third-order valence-electron chi connectivity index (χ3n) is 2.35. The Morgan fingerprint density at radius 3 is 2.87 bits per heavy atom. The van der Waals surface area contributed by atoms with E-state index < -0.39 is 5.97 Å². The second-order valence-electron chi connectivity index (χ2n) is 3.70. The first-order valence-electron chi connectivity index (χ1n) is 4.82. The molecule has 1 aliphatic rings. The fourth-order valence-corrected chi connectivity index (χ4v) is 2.40. The van der Waals surface area contributed by atoms with E-state index in [1.807, 2.05) is 0 Å². The van der Waals surface area contributed by atoms with Crippen LogP contribution in [0, 0.1) is 11.7 Å². The summed E-state index contributed by atoms with van der Waals surface area (Å²) in [7, 11) is 0. The highest BCUT2D eigenvalue weighted by molar-refractivity contribution is 7.99. The first-order valence-corrected chi connectivity index (χ1v) is 5.81. The maximum Gasteiger partial charge on any atom is 0.335 e. The van der Waals surface area contributed by atoms with E-state index in [-0.39, 0.29) is 11.4 Å². The quantitative estimate of drug-likeness (QED) is 0.802. The van der Waals surface area contributed by atoms with Gasteiger partial charge in [-0.05, 0) is 37.0 Å². The van der Waals surface area contributed by atoms with Crippen LogP contribution in [0.4, 0.5) is 4.39 Å². The third kappa shape index (κ3) is 2.72. The Hall–Kier alpha value is -1.03. The Balaban J connectivity index is 2.12. The molecule has 0 saturated heterocycles. The molecule has 1 fully saturated rings. The molecule has 1 aliphatic carbocycles. The fourth-order valence-electron chi connectivity index (χ4n) is 1.24. The highest BCUT2D eigenvalue weighted by atomic mass is 32.2. The second-order valence-corrected chi connectivity index (χ2v) is 4.77. The molecule has 0 heterocycles. The minimum atomic E-state index is -1.01. The van der Waals surface area contributed by atoms with Crippen LogP contribution in [0.15, 0.2) is 23.1 Å². The van der Waals surface area contributed by atoms with E-state index in [2.05, 4.69) is 0 Å². The van der Waals surface area contributed by atoms with Gasteiger partial charge in [0, 0.05) is 10.6 Å². The molecule has 0 amide bonds. The minimum Gasteiger partial charge on any atom is -0.478 e. The van der Waals surface area contributed by atoms with Crippen molar-refractivity contribution < 1.29 is 14.3 Å². The summed E-state index contributed by atoms with van der Waals surface area (Å²) in [5.74, 6) is 0.247. The molecule has 1 aromatic rings. The smallest absolute Gasteiger partial charge is 0.335 e. The molecule has 80 valence electrons. The van der Waals surface area contributed by atoms with Gasteiger partial charge in [-0.2, -0.15) is 0 Å². The number of benzene rings is 1. The fraction of sp³-hybridized carbons (Fsp3) is 0.364. The van der Waals surface area contributed by atoms with Gasteiger partial charge in [0.05, 0.1) is 5.56 Å². The van der Waals surface area contributed by atoms with Crippen LogP contribution in [0.25, 0.3) is 0 Å². The third-order valence-corrected chi connectivity index (χ3v) is 3.61. The summed E-state index contributed by atoms with van der Waals surface area (Å²) in [6, 6.07) is 3.92. The van der Waals surface area contributed by atoms with Crippen LogP contribution < -0.4 is 0 Å². The monoisotopic (exact) mass is 226 g/mol. The standard InChI is InChI=1S/C11H11FO2S/c12-9-4-3-8(11(13)14)5-10(9)15-6-7-1-2-7/h3-5,7H,1-2,6H2,(H,13,14). The van der Waals surface area contributed by atoms with Gasteiger partial charge in [-0.1, -0.05) is 0 Å². The molecule has 1 saturated carbocycles. The minimum absolute atomic E-state index is 0.148. The van der Waals surface area contributed by atoms with Crippen LogP contribution in [-0.2, 0) is 0 Å². The first kappa shape index (κ1) is 10.5. The summed E-state index contributed by atoms with van der Waals surface area (Å²) in [4.78, 5) is 11.1. The number of carboxylic acid groups (broad SMARTS) is 1. The van der Waals surface area contributed by atoms with Crippen molar-refractivity contribution in [3.8, 4) is 0 Å². The van der Waals surface area contributed by atoms with Crippen LogP contribution >= 0.6 is 11.8 Å². The average molecular weight is 226 g/mol. The molecule has 4 heteroatoms. The van der Waals surface area contributed by atoms with Crippen molar-refractivity contribution >= 4 is 17.7 Å². The highest BCUT2D eigenvalue weighted by Crippen LogP contribution is 2.35. The van der Waals surface area contributed by atoms with Crippen LogP contribution in [0.1, 0.15) is 23.2 Å². The van der Waals surface area contributed by atoms with Crippen LogP contribution in [0.2, 0.25) is 0 Å². The van der Waals surface area contributed by atoms with Gasteiger partial charge in [-0.15, -0.1) is 11.8 Å². The van der Waals surface area contributed by atoms with E-state index in [4.69, 9.17) is 5.11 Å². The number of aromatic carboxylic acids is 1. The summed E-state index contributed by atoms with van der Waals surface area (Å²) in [6.07, 6.45) is 2.43. The number of hydrogen-bond acceptors (Lipinski definition) is 2. The highest BCUT2D eigenvalue weighted by Gasteiger charge is 2.22. The largest absolute Gasteiger partial charge is 0.478 e. The molecule has 0 bridgehead atoms. The lowest BCUT2D eigenvalue weighted by Crippen LogP contribution is -1.97. The maximum atomic E-state index is 13.3. The van der Waals surface area contributed by atoms with Crippen molar-refractivity contribution in [3.63, 3.8) is 0 Å². The van der Waals surface area contributed by atoms with E-state index in [0.29, 0.717) is 10.8 Å². The molecular weight excluding hydrogens is 215 g/mol. The molecule has 0 aromatic heterocycles. The Kier molecular flexibility index (Phi) is 2.95. The number of carbonyl (C=O) groups is 1. The van der Waals surface area contributed by atoms with Gasteiger partial charge in [0.15, 0.2) is 0 Å². The van der Waals surface area contributed by atoms with E-state index in [1.54, 1.807) is 0 Å². The predicted molar refractivity (Wildman–Crippen MR) is 56.8 cm³/mol. The zero-order chi connectivity index (χ0) is 10.8. The maximum absolute atomic E-state index is 13.3. The number of rotatable bonds is 4. The molecule has 1 N–H and O–H groups in total. The average Bonchev–Trinajstić information content (AvgIpc) is 3.00. The molecule has 2 nitrogen and oxygen atoms in total. The molecule has 15 heavy (non-hydrogen) atoms. The van der Waals surface area contributed by atoms with E-state index in [1.165, 1.54) is 42.8 Å². The van der Waals surface area contributed by atoms with Crippen molar-refractivity contribution in [1.82, 2.24) is 0 Å². The Morgan fingerprint density at radius 1 is 1.53 bits per heavy atom. The lowest BCUT2D eigenvalue weighted by atomic mass is 10.2. The topological polar surface area (TPSA) is 37.3 Å². The van der Waals surface area contributed by atoms with Gasteiger partial charge in [-0.3, -0.25) is 0 Å². The van der Waals surface area contributed by atoms with Crippen molar-refractivity contribution in [2.75, 3.05) is 5.75 Å². The second kappa shape index (κ2) is 4.23. The summed E-state index contributed by atoms with van der Waals surface area (Å²) in [5, 5.41) is 8.76. The lowest BCUT2D eigenvalue weighted by molar-refractivity contribution is 0.0696. The first-order chi connectivity index (χ1) is 7.16. The summed E-state index contributed by atoms with van der Waals surface area (Å²) in [6.45, 7) is 0. The van der Waals surface area contributed by atoms with Crippen LogP contribution in [-0.4, -0.2) is 16.8 Å². The van der Waals surface area contributed by atoms with Crippen molar-refractivity contribution in [2.45, 2.75) is 17.7 Å². The van der Waals surface area contributed by atoms with Gasteiger partial charge >= 0.3 is 5.97 Å². The normalized spacial score (nSPS) is 15.3. The van der Waals surface area contributed by atoms with Gasteiger partial charge in [0.25, 0.3) is 0 Å². The SMILES string of the molecule is O=C(O)c1ccc(F)c(SCC2CC2)c1. The molecule has 0 atom stereocenters. The van der Waals surface area contributed by atoms with E-state index in [0.717, 1.165) is 5.75 Å². The molecule has 1 aromatic carbocycles. The number of halogens is 1. The van der Waals surface area contributed by atoms with Gasteiger partial charge in [0.2, 0.25) is 0 Å². The Bertz CT molecular complexity index is 388. The van der Waals surface area contributed by atoms with E-state index in [9.17, 15) is 9.18 Å². The lowest BCUT2D eigenvalue weighted by Gasteiger charge is -2.03. The van der Waals surface area contributed by atoms with Crippen LogP contribution in [0.5, 0.6) is 0 Å². The molecule has 0 radical (unpaired) electrons. The van der Waals surface area contributed by atoms with Gasteiger partial charge in [-0.25, -0.2) is 9.18 Å². The summed E-state index contributed by atoms with van der Waals surface area (Å²) in [5.41, 5.74) is 0.148. The molecule has 0 spiro atoms. The zero-order valence-corrected chi connectivity index (χ0v) is 8.89. The zero-order valence-electron chi connectivity index (χ0n) is 8.07. The predicted octanol–water partition coefficient (Wildman–Crippen LogP) is 3.03. The van der Waals surface area contributed by atoms with Gasteiger partial charge < -0.3 is 5.11 Å². The van der Waals surface area contributed by atoms with Crippen molar-refractivity contribution in [2.24, 2.45) is 5.92 Å². The molecule has 0 unspecified atom stereocenters. The van der Waals surface area contributed by atoms with E-state index >= 15 is 0 Å². The number of thioether (sulfide) groups is 1. The number of carboxylic acids is 1. The summed E-state index contributed by atoms with van der Waals surface area (Å²) < 4.78 is 13.3. The van der Waals surface area contributed by atoms with Gasteiger partial charge in [0.1, 0.15) is 5.82 Å². The number of hydrogen-bond donors (Lipinski definition) is 1. The molecule has 2 rings (SSSR count). The summed E-state index contributed by atoms with van der Waals surface area (Å²) >= 11 is 1.41. The van der Waals surface area contributed by atoms with Crippen molar-refractivity contribution in [3.05, 3.63) is 29.6 Å². The Morgan fingerprint density at radius 2 is 2.27 bits per heavy atom. The molecular formula is C11H11FO2S.